The molecule has 1 aromatic rings. The second-order valence-electron chi connectivity index (χ2n) is 4.44. The Kier molecular flexibility index (Phi) is 3.35. The first-order valence-corrected chi connectivity index (χ1v) is 4.98. The zero-order valence-corrected chi connectivity index (χ0v) is 9.67. The molecule has 0 saturated carbocycles. The van der Waals surface area contributed by atoms with E-state index in [2.05, 4.69) is 0 Å². The van der Waals surface area contributed by atoms with Crippen molar-refractivity contribution in [2.24, 2.45) is 5.73 Å². The number of halogens is 1. The Balaban J connectivity index is 3.02. The molecule has 3 heteroatoms. The van der Waals surface area contributed by atoms with E-state index in [4.69, 9.17) is 10.5 Å². The summed E-state index contributed by atoms with van der Waals surface area (Å²) in [4.78, 5) is 0. The van der Waals surface area contributed by atoms with Crippen LogP contribution in [0.5, 0.6) is 5.75 Å². The highest BCUT2D eigenvalue weighted by atomic mass is 19.1. The third kappa shape index (κ3) is 2.69. The van der Waals surface area contributed by atoms with Gasteiger partial charge in [0.05, 0.1) is 7.11 Å². The second-order valence-corrected chi connectivity index (χ2v) is 4.44. The minimum Gasteiger partial charge on any atom is -0.494 e. The van der Waals surface area contributed by atoms with Crippen LogP contribution in [0.15, 0.2) is 18.2 Å². The van der Waals surface area contributed by atoms with E-state index in [1.165, 1.54) is 13.2 Å². The molecule has 2 N–H and O–H groups in total. The van der Waals surface area contributed by atoms with Crippen LogP contribution in [0.4, 0.5) is 4.39 Å². The maximum atomic E-state index is 13.4. The Morgan fingerprint density at radius 3 is 2.40 bits per heavy atom. The average Bonchev–Trinajstić information content (AvgIpc) is 2.15. The molecule has 1 unspecified atom stereocenters. The molecule has 0 aliphatic carbocycles. The molecule has 0 amide bonds. The van der Waals surface area contributed by atoms with Crippen molar-refractivity contribution in [1.82, 2.24) is 0 Å². The summed E-state index contributed by atoms with van der Waals surface area (Å²) in [5, 5.41) is 0. The molecule has 15 heavy (non-hydrogen) atoms. The highest BCUT2D eigenvalue weighted by molar-refractivity contribution is 5.32. The first-order chi connectivity index (χ1) is 6.86. The van der Waals surface area contributed by atoms with E-state index >= 15 is 0 Å². The van der Waals surface area contributed by atoms with Crippen LogP contribution in [0.25, 0.3) is 0 Å². The number of hydrogen-bond donors (Lipinski definition) is 1. The average molecular weight is 211 g/mol. The Morgan fingerprint density at radius 2 is 2.00 bits per heavy atom. The first kappa shape index (κ1) is 12.0. The predicted molar refractivity (Wildman–Crippen MR) is 59.6 cm³/mol. The van der Waals surface area contributed by atoms with E-state index in [0.29, 0.717) is 0 Å². The lowest BCUT2D eigenvalue weighted by molar-refractivity contribution is 0.383. The van der Waals surface area contributed by atoms with Crippen molar-refractivity contribution in [1.29, 1.82) is 0 Å². The highest BCUT2D eigenvalue weighted by Crippen LogP contribution is 2.28. The molecular weight excluding hydrogens is 193 g/mol. The Labute approximate surface area is 90.2 Å². The summed E-state index contributed by atoms with van der Waals surface area (Å²) in [5.74, 6) is 0.0183. The Hall–Kier alpha value is -1.09. The molecule has 84 valence electrons. The van der Waals surface area contributed by atoms with Crippen LogP contribution in [-0.2, 0) is 0 Å². The molecule has 2 nitrogen and oxygen atoms in total. The maximum Gasteiger partial charge on any atom is 0.165 e. The summed E-state index contributed by atoms with van der Waals surface area (Å²) in [5.41, 5.74) is 6.51. The van der Waals surface area contributed by atoms with Gasteiger partial charge in [0.15, 0.2) is 11.6 Å². The van der Waals surface area contributed by atoms with Crippen molar-refractivity contribution in [2.75, 3.05) is 7.11 Å². The Morgan fingerprint density at radius 1 is 1.40 bits per heavy atom. The van der Waals surface area contributed by atoms with Gasteiger partial charge in [-0.1, -0.05) is 13.0 Å². The van der Waals surface area contributed by atoms with Crippen LogP contribution in [0.3, 0.4) is 0 Å². The van der Waals surface area contributed by atoms with Gasteiger partial charge >= 0.3 is 0 Å². The van der Waals surface area contributed by atoms with Crippen molar-refractivity contribution in [2.45, 2.75) is 32.2 Å². The zero-order chi connectivity index (χ0) is 11.6. The lowest BCUT2D eigenvalue weighted by Crippen LogP contribution is -2.37. The minimum atomic E-state index is -0.360. The van der Waals surface area contributed by atoms with Crippen molar-refractivity contribution in [3.63, 3.8) is 0 Å². The van der Waals surface area contributed by atoms with Crippen molar-refractivity contribution < 1.29 is 9.13 Å². The van der Waals surface area contributed by atoms with Gasteiger partial charge in [0.25, 0.3) is 0 Å². The summed E-state index contributed by atoms with van der Waals surface area (Å²) in [6.07, 6.45) is 0. The van der Waals surface area contributed by atoms with Gasteiger partial charge in [0, 0.05) is 5.54 Å². The lowest BCUT2D eigenvalue weighted by Gasteiger charge is -2.27. The quantitative estimate of drug-likeness (QED) is 0.834. The van der Waals surface area contributed by atoms with Crippen LogP contribution in [-0.4, -0.2) is 12.6 Å². The smallest absolute Gasteiger partial charge is 0.165 e. The molecule has 0 aliphatic rings. The summed E-state index contributed by atoms with van der Waals surface area (Å²) >= 11 is 0. The van der Waals surface area contributed by atoms with Gasteiger partial charge < -0.3 is 10.5 Å². The van der Waals surface area contributed by atoms with Crippen molar-refractivity contribution in [3.05, 3.63) is 29.6 Å². The number of methoxy groups -OCH3 is 1. The molecular formula is C12H18FNO. The van der Waals surface area contributed by atoms with Gasteiger partial charge in [0.1, 0.15) is 0 Å². The van der Waals surface area contributed by atoms with E-state index in [-0.39, 0.29) is 23.0 Å². The van der Waals surface area contributed by atoms with Crippen LogP contribution in [0.2, 0.25) is 0 Å². The van der Waals surface area contributed by atoms with Crippen LogP contribution < -0.4 is 10.5 Å². The molecule has 0 heterocycles. The molecule has 0 aliphatic heterocycles. The molecule has 0 fully saturated rings. The summed E-state index contributed by atoms with van der Waals surface area (Å²) in [6.45, 7) is 5.85. The molecule has 0 spiro atoms. The molecule has 0 aromatic heterocycles. The maximum absolute atomic E-state index is 13.4. The van der Waals surface area contributed by atoms with Crippen molar-refractivity contribution >= 4 is 0 Å². The fourth-order valence-corrected chi connectivity index (χ4v) is 1.38. The minimum absolute atomic E-state index is 0.0953. The third-order valence-electron chi connectivity index (χ3n) is 2.79. The van der Waals surface area contributed by atoms with Gasteiger partial charge in [-0.15, -0.1) is 0 Å². The fraction of sp³-hybridized carbons (Fsp3) is 0.500. The Bertz CT molecular complexity index is 344. The van der Waals surface area contributed by atoms with Gasteiger partial charge in [-0.25, -0.2) is 4.39 Å². The monoisotopic (exact) mass is 211 g/mol. The van der Waals surface area contributed by atoms with Crippen LogP contribution in [0, 0.1) is 5.82 Å². The summed E-state index contributed by atoms with van der Waals surface area (Å²) in [7, 11) is 1.45. The second kappa shape index (κ2) is 4.19. The SMILES string of the molecule is COc1ccc(C(C)C(C)(C)N)cc1F. The highest BCUT2D eigenvalue weighted by Gasteiger charge is 2.22. The zero-order valence-electron chi connectivity index (χ0n) is 9.67. The summed E-state index contributed by atoms with van der Waals surface area (Å²) < 4.78 is 18.3. The topological polar surface area (TPSA) is 35.2 Å². The predicted octanol–water partition coefficient (Wildman–Crippen LogP) is 2.68. The van der Waals surface area contributed by atoms with Crippen LogP contribution >= 0.6 is 0 Å². The van der Waals surface area contributed by atoms with Crippen molar-refractivity contribution in [3.8, 4) is 5.75 Å². The first-order valence-electron chi connectivity index (χ1n) is 4.98. The lowest BCUT2D eigenvalue weighted by atomic mass is 9.84. The number of benzene rings is 1. The molecule has 1 rings (SSSR count). The molecule has 0 saturated heterocycles. The summed E-state index contributed by atoms with van der Waals surface area (Å²) in [6, 6.07) is 4.96. The standard InChI is InChI=1S/C12H18FNO/c1-8(12(2,3)14)9-5-6-11(15-4)10(13)7-9/h5-8H,14H2,1-4H3. The molecule has 1 aromatic carbocycles. The van der Waals surface area contributed by atoms with Gasteiger partial charge in [-0.3, -0.25) is 0 Å². The normalized spacial score (nSPS) is 13.7. The van der Waals surface area contributed by atoms with E-state index in [1.807, 2.05) is 26.8 Å². The molecule has 0 radical (unpaired) electrons. The van der Waals surface area contributed by atoms with E-state index in [9.17, 15) is 4.39 Å². The van der Waals surface area contributed by atoms with E-state index in [0.717, 1.165) is 5.56 Å². The van der Waals surface area contributed by atoms with E-state index in [1.54, 1.807) is 6.07 Å². The molecule has 1 atom stereocenters. The largest absolute Gasteiger partial charge is 0.494 e. The van der Waals surface area contributed by atoms with E-state index < -0.39 is 0 Å². The number of nitrogens with two attached hydrogens (primary N) is 1. The van der Waals surface area contributed by atoms with Gasteiger partial charge in [-0.2, -0.15) is 0 Å². The van der Waals surface area contributed by atoms with Crippen LogP contribution in [0.1, 0.15) is 32.3 Å². The third-order valence-corrected chi connectivity index (χ3v) is 2.79. The van der Waals surface area contributed by atoms with Gasteiger partial charge in [0.2, 0.25) is 0 Å². The number of rotatable bonds is 3. The number of ether oxygens (including phenoxy) is 1. The fourth-order valence-electron chi connectivity index (χ4n) is 1.38. The number of hydrogen-bond acceptors (Lipinski definition) is 2. The van der Waals surface area contributed by atoms with Gasteiger partial charge in [-0.05, 0) is 37.5 Å². The molecule has 0 bridgehead atoms.